The number of nitrogens with zero attached hydrogens (tertiary/aromatic N) is 4. The van der Waals surface area contributed by atoms with Gasteiger partial charge in [-0.05, 0) is 24.6 Å². The number of aryl methyl sites for hydroxylation is 1. The zero-order valence-electron chi connectivity index (χ0n) is 11.7. The van der Waals surface area contributed by atoms with Crippen LogP contribution in [0.15, 0.2) is 18.2 Å². The highest BCUT2D eigenvalue weighted by atomic mass is 19.1. The molecule has 0 radical (unpaired) electrons. The van der Waals surface area contributed by atoms with Gasteiger partial charge < -0.3 is 15.2 Å². The molecule has 0 saturated heterocycles. The van der Waals surface area contributed by atoms with Crippen molar-refractivity contribution >= 4 is 11.6 Å². The summed E-state index contributed by atoms with van der Waals surface area (Å²) in [7, 11) is 1.62. The molecule has 110 valence electrons. The predicted octanol–water partition coefficient (Wildman–Crippen LogP) is 1.22. The van der Waals surface area contributed by atoms with Crippen LogP contribution in [0.3, 0.4) is 0 Å². The highest BCUT2D eigenvalue weighted by Crippen LogP contribution is 2.17. The number of aromatic nitrogens is 3. The molecule has 1 aromatic carbocycles. The van der Waals surface area contributed by atoms with Crippen molar-refractivity contribution in [2.45, 2.75) is 25.9 Å². The molecule has 0 spiro atoms. The molecule has 0 bridgehead atoms. The van der Waals surface area contributed by atoms with Gasteiger partial charge in [-0.25, -0.2) is 4.39 Å². The van der Waals surface area contributed by atoms with Gasteiger partial charge in [0.2, 0.25) is 0 Å². The van der Waals surface area contributed by atoms with Gasteiger partial charge in [-0.1, -0.05) is 0 Å². The smallest absolute Gasteiger partial charge is 0.256 e. The number of nitrogen functional groups attached to an aromatic ring is 1. The van der Waals surface area contributed by atoms with Gasteiger partial charge in [0.1, 0.15) is 11.6 Å². The molecule has 3 rings (SSSR count). The van der Waals surface area contributed by atoms with Gasteiger partial charge in [0, 0.05) is 25.7 Å². The molecule has 2 heterocycles. The van der Waals surface area contributed by atoms with Crippen LogP contribution >= 0.6 is 0 Å². The average molecular weight is 289 g/mol. The Morgan fingerprint density at radius 1 is 1.48 bits per heavy atom. The van der Waals surface area contributed by atoms with E-state index in [1.807, 2.05) is 4.57 Å². The van der Waals surface area contributed by atoms with Crippen LogP contribution in [0.25, 0.3) is 0 Å². The summed E-state index contributed by atoms with van der Waals surface area (Å²) in [5, 5.41) is 8.19. The summed E-state index contributed by atoms with van der Waals surface area (Å²) < 4.78 is 15.8. The molecule has 0 aliphatic carbocycles. The van der Waals surface area contributed by atoms with Crippen LogP contribution in [0.5, 0.6) is 0 Å². The first-order chi connectivity index (χ1) is 10.1. The second kappa shape index (κ2) is 5.16. The van der Waals surface area contributed by atoms with Gasteiger partial charge in [-0.3, -0.25) is 4.79 Å². The number of hydrogen-bond donors (Lipinski definition) is 1. The summed E-state index contributed by atoms with van der Waals surface area (Å²) in [6.45, 7) is 1.17. The highest BCUT2D eigenvalue weighted by Gasteiger charge is 2.21. The van der Waals surface area contributed by atoms with E-state index in [9.17, 15) is 9.18 Å². The molecule has 0 fully saturated rings. The quantitative estimate of drug-likeness (QED) is 0.862. The summed E-state index contributed by atoms with van der Waals surface area (Å²) >= 11 is 0. The first-order valence-corrected chi connectivity index (χ1v) is 6.77. The van der Waals surface area contributed by atoms with Crippen LogP contribution in [0.2, 0.25) is 0 Å². The Hall–Kier alpha value is -2.44. The molecular weight excluding hydrogens is 273 g/mol. The third-order valence-corrected chi connectivity index (χ3v) is 3.63. The van der Waals surface area contributed by atoms with Gasteiger partial charge in [-0.2, -0.15) is 0 Å². The number of fused-ring (bicyclic) bond motifs is 1. The Kier molecular flexibility index (Phi) is 3.32. The van der Waals surface area contributed by atoms with Gasteiger partial charge in [0.05, 0.1) is 12.1 Å². The lowest BCUT2D eigenvalue weighted by Crippen LogP contribution is -2.28. The van der Waals surface area contributed by atoms with Crippen LogP contribution in [0.1, 0.15) is 28.4 Å². The van der Waals surface area contributed by atoms with E-state index in [-0.39, 0.29) is 5.56 Å². The van der Waals surface area contributed by atoms with Crippen molar-refractivity contribution in [1.29, 1.82) is 0 Å². The van der Waals surface area contributed by atoms with Crippen molar-refractivity contribution in [3.63, 3.8) is 0 Å². The molecule has 2 N–H and O–H groups in total. The third-order valence-electron chi connectivity index (χ3n) is 3.63. The molecular formula is C14H16FN5O. The number of carbonyl (C=O) groups is 1. The lowest BCUT2D eigenvalue weighted by Gasteiger charge is -2.17. The normalized spacial score (nSPS) is 13.2. The van der Waals surface area contributed by atoms with E-state index < -0.39 is 11.7 Å². The first kappa shape index (κ1) is 13.5. The number of amides is 1. The molecule has 1 aliphatic heterocycles. The monoisotopic (exact) mass is 289 g/mol. The maximum atomic E-state index is 13.8. The fourth-order valence-corrected chi connectivity index (χ4v) is 2.52. The van der Waals surface area contributed by atoms with Crippen molar-refractivity contribution < 1.29 is 9.18 Å². The van der Waals surface area contributed by atoms with Crippen LogP contribution in [-0.4, -0.2) is 32.6 Å². The Balaban J connectivity index is 1.78. The second-order valence-corrected chi connectivity index (χ2v) is 5.19. The lowest BCUT2D eigenvalue weighted by atomic mass is 10.1. The van der Waals surface area contributed by atoms with Crippen LogP contribution in [-0.2, 0) is 19.5 Å². The predicted molar refractivity (Wildman–Crippen MR) is 75.0 cm³/mol. The molecule has 7 heteroatoms. The number of nitrogens with two attached hydrogens (primary N) is 1. The van der Waals surface area contributed by atoms with Crippen molar-refractivity contribution in [3.05, 3.63) is 41.2 Å². The van der Waals surface area contributed by atoms with Gasteiger partial charge >= 0.3 is 0 Å². The van der Waals surface area contributed by atoms with E-state index in [4.69, 9.17) is 5.73 Å². The minimum atomic E-state index is -0.613. The largest absolute Gasteiger partial charge is 0.399 e. The minimum absolute atomic E-state index is 0.00728. The average Bonchev–Trinajstić information content (AvgIpc) is 3.03. The minimum Gasteiger partial charge on any atom is -0.399 e. The Labute approximate surface area is 121 Å². The molecule has 0 saturated carbocycles. The van der Waals surface area contributed by atoms with Crippen molar-refractivity contribution in [2.24, 2.45) is 0 Å². The van der Waals surface area contributed by atoms with E-state index in [0.29, 0.717) is 12.2 Å². The maximum absolute atomic E-state index is 13.8. The summed E-state index contributed by atoms with van der Waals surface area (Å²) in [4.78, 5) is 13.7. The standard InChI is InChI=1S/C14H16FN5O/c1-19(8-13-18-17-12-3-2-6-20(12)13)14(21)10-5-4-9(16)7-11(10)15/h4-5,7H,2-3,6,8,16H2,1H3. The molecule has 1 aromatic heterocycles. The summed E-state index contributed by atoms with van der Waals surface area (Å²) in [6.07, 6.45) is 1.96. The maximum Gasteiger partial charge on any atom is 0.256 e. The van der Waals surface area contributed by atoms with Gasteiger partial charge in [0.25, 0.3) is 5.91 Å². The summed E-state index contributed by atoms with van der Waals surface area (Å²) in [5.74, 6) is 0.667. The van der Waals surface area contributed by atoms with Crippen LogP contribution in [0.4, 0.5) is 10.1 Å². The number of anilines is 1. The van der Waals surface area contributed by atoms with E-state index in [2.05, 4.69) is 10.2 Å². The fourth-order valence-electron chi connectivity index (χ4n) is 2.52. The Morgan fingerprint density at radius 2 is 2.29 bits per heavy atom. The molecule has 1 amide bonds. The van der Waals surface area contributed by atoms with E-state index in [1.165, 1.54) is 17.0 Å². The topological polar surface area (TPSA) is 77.0 Å². The van der Waals surface area contributed by atoms with E-state index in [0.717, 1.165) is 37.1 Å². The molecule has 21 heavy (non-hydrogen) atoms. The Bertz CT molecular complexity index is 697. The number of benzene rings is 1. The first-order valence-electron chi connectivity index (χ1n) is 6.77. The zero-order chi connectivity index (χ0) is 15.0. The molecule has 1 aliphatic rings. The van der Waals surface area contributed by atoms with E-state index in [1.54, 1.807) is 7.05 Å². The van der Waals surface area contributed by atoms with Crippen molar-refractivity contribution in [3.8, 4) is 0 Å². The number of rotatable bonds is 3. The number of carbonyl (C=O) groups excluding carboxylic acids is 1. The highest BCUT2D eigenvalue weighted by molar-refractivity contribution is 5.94. The number of hydrogen-bond acceptors (Lipinski definition) is 4. The SMILES string of the molecule is CN(Cc1nnc2n1CCC2)C(=O)c1ccc(N)cc1F. The van der Waals surface area contributed by atoms with Crippen molar-refractivity contribution in [1.82, 2.24) is 19.7 Å². The van der Waals surface area contributed by atoms with Crippen molar-refractivity contribution in [2.75, 3.05) is 12.8 Å². The Morgan fingerprint density at radius 3 is 3.05 bits per heavy atom. The molecule has 2 aromatic rings. The lowest BCUT2D eigenvalue weighted by molar-refractivity contribution is 0.0775. The fraction of sp³-hybridized carbons (Fsp3) is 0.357. The summed E-state index contributed by atoms with van der Waals surface area (Å²) in [6, 6.07) is 4.06. The molecule has 6 nitrogen and oxygen atoms in total. The van der Waals surface area contributed by atoms with Crippen LogP contribution < -0.4 is 5.73 Å². The summed E-state index contributed by atoms with van der Waals surface area (Å²) in [5.41, 5.74) is 5.79. The second-order valence-electron chi connectivity index (χ2n) is 5.19. The van der Waals surface area contributed by atoms with E-state index >= 15 is 0 Å². The number of halogens is 1. The molecule has 0 atom stereocenters. The third kappa shape index (κ3) is 2.46. The van der Waals surface area contributed by atoms with Crippen LogP contribution in [0, 0.1) is 5.82 Å². The molecule has 0 unspecified atom stereocenters. The zero-order valence-corrected chi connectivity index (χ0v) is 11.7. The van der Waals surface area contributed by atoms with Gasteiger partial charge in [0.15, 0.2) is 5.82 Å². The van der Waals surface area contributed by atoms with Gasteiger partial charge in [-0.15, -0.1) is 10.2 Å².